The van der Waals surface area contributed by atoms with Gasteiger partial charge in [-0.2, -0.15) is 0 Å². The van der Waals surface area contributed by atoms with Crippen molar-refractivity contribution in [2.45, 2.75) is 33.1 Å². The maximum atomic E-state index is 5.55. The molecular formula is C9H15ClN2O. The molecule has 13 heavy (non-hydrogen) atoms. The van der Waals surface area contributed by atoms with E-state index in [9.17, 15) is 0 Å². The van der Waals surface area contributed by atoms with E-state index in [0.717, 1.165) is 18.7 Å². The summed E-state index contributed by atoms with van der Waals surface area (Å²) < 4.78 is 5.37. The molecular weight excluding hydrogens is 188 g/mol. The van der Waals surface area contributed by atoms with E-state index >= 15 is 0 Å². The molecule has 0 aliphatic rings. The topological polar surface area (TPSA) is 38.9 Å². The minimum absolute atomic E-state index is 0.534. The van der Waals surface area contributed by atoms with Crippen LogP contribution in [0.5, 0.6) is 0 Å². The Bertz CT molecular complexity index is 248. The standard InChI is InChI=1S/C9H15ClN2O/c1-7(2)3-4-8-11-12-9(13-8)5-6-10/h7H,3-6H2,1-2H3. The quantitative estimate of drug-likeness (QED) is 0.689. The first-order chi connectivity index (χ1) is 6.22. The van der Waals surface area contributed by atoms with Crippen molar-refractivity contribution in [3.8, 4) is 0 Å². The van der Waals surface area contributed by atoms with E-state index < -0.39 is 0 Å². The summed E-state index contributed by atoms with van der Waals surface area (Å²) in [5, 5.41) is 7.81. The highest BCUT2D eigenvalue weighted by Crippen LogP contribution is 2.08. The Morgan fingerprint density at radius 1 is 1.23 bits per heavy atom. The average Bonchev–Trinajstić information content (AvgIpc) is 2.50. The van der Waals surface area contributed by atoms with Crippen LogP contribution in [-0.4, -0.2) is 16.1 Å². The van der Waals surface area contributed by atoms with Gasteiger partial charge in [-0.25, -0.2) is 0 Å². The van der Waals surface area contributed by atoms with Crippen molar-refractivity contribution in [3.05, 3.63) is 11.8 Å². The molecule has 0 bridgehead atoms. The Balaban J connectivity index is 2.39. The van der Waals surface area contributed by atoms with Gasteiger partial charge in [0.1, 0.15) is 0 Å². The summed E-state index contributed by atoms with van der Waals surface area (Å²) in [7, 11) is 0. The molecule has 0 spiro atoms. The molecule has 1 heterocycles. The van der Waals surface area contributed by atoms with Gasteiger partial charge in [0.15, 0.2) is 0 Å². The fraction of sp³-hybridized carbons (Fsp3) is 0.778. The van der Waals surface area contributed by atoms with Gasteiger partial charge >= 0.3 is 0 Å². The monoisotopic (exact) mass is 202 g/mol. The fourth-order valence-corrected chi connectivity index (χ4v) is 1.15. The van der Waals surface area contributed by atoms with Gasteiger partial charge in [-0.05, 0) is 12.3 Å². The first-order valence-corrected chi connectivity index (χ1v) is 5.13. The lowest BCUT2D eigenvalue weighted by molar-refractivity contribution is 0.433. The van der Waals surface area contributed by atoms with Gasteiger partial charge in [-0.3, -0.25) is 0 Å². The van der Waals surface area contributed by atoms with Crippen LogP contribution in [0.15, 0.2) is 4.42 Å². The number of aryl methyl sites for hydroxylation is 2. The highest BCUT2D eigenvalue weighted by molar-refractivity contribution is 6.17. The molecule has 1 rings (SSSR count). The van der Waals surface area contributed by atoms with Crippen molar-refractivity contribution in [1.82, 2.24) is 10.2 Å². The van der Waals surface area contributed by atoms with Crippen molar-refractivity contribution < 1.29 is 4.42 Å². The lowest BCUT2D eigenvalue weighted by Crippen LogP contribution is -1.91. The van der Waals surface area contributed by atoms with Crippen molar-refractivity contribution in [3.63, 3.8) is 0 Å². The van der Waals surface area contributed by atoms with Gasteiger partial charge in [-0.1, -0.05) is 13.8 Å². The summed E-state index contributed by atoms with van der Waals surface area (Å²) in [4.78, 5) is 0. The maximum absolute atomic E-state index is 5.55. The molecule has 0 amide bonds. The molecule has 0 unspecified atom stereocenters. The number of nitrogens with zero attached hydrogens (tertiary/aromatic N) is 2. The zero-order valence-electron chi connectivity index (χ0n) is 8.09. The van der Waals surface area contributed by atoms with Crippen LogP contribution in [0, 0.1) is 5.92 Å². The van der Waals surface area contributed by atoms with Gasteiger partial charge in [0.05, 0.1) is 0 Å². The number of rotatable bonds is 5. The highest BCUT2D eigenvalue weighted by atomic mass is 35.5. The molecule has 1 aromatic heterocycles. The molecule has 0 aromatic carbocycles. The van der Waals surface area contributed by atoms with E-state index in [4.69, 9.17) is 16.0 Å². The smallest absolute Gasteiger partial charge is 0.217 e. The summed E-state index contributed by atoms with van der Waals surface area (Å²) in [5.74, 6) is 2.58. The largest absolute Gasteiger partial charge is 0.425 e. The third kappa shape index (κ3) is 3.77. The van der Waals surface area contributed by atoms with Gasteiger partial charge in [0.2, 0.25) is 11.8 Å². The molecule has 0 N–H and O–H groups in total. The zero-order valence-corrected chi connectivity index (χ0v) is 8.84. The Morgan fingerprint density at radius 3 is 2.38 bits per heavy atom. The number of aromatic nitrogens is 2. The molecule has 0 saturated heterocycles. The molecule has 4 heteroatoms. The van der Waals surface area contributed by atoms with Crippen LogP contribution in [0.1, 0.15) is 32.0 Å². The normalized spacial score (nSPS) is 11.1. The Hall–Kier alpha value is -0.570. The van der Waals surface area contributed by atoms with E-state index in [1.165, 1.54) is 0 Å². The van der Waals surface area contributed by atoms with Crippen LogP contribution in [0.4, 0.5) is 0 Å². The second kappa shape index (κ2) is 5.22. The Morgan fingerprint density at radius 2 is 1.85 bits per heavy atom. The van der Waals surface area contributed by atoms with Crippen LogP contribution in [0.2, 0.25) is 0 Å². The SMILES string of the molecule is CC(C)CCc1nnc(CCCl)o1. The predicted octanol–water partition coefficient (Wildman–Crippen LogP) is 2.44. The minimum atomic E-state index is 0.534. The van der Waals surface area contributed by atoms with E-state index in [1.807, 2.05) is 0 Å². The molecule has 0 radical (unpaired) electrons. The third-order valence-corrected chi connectivity index (χ3v) is 1.94. The third-order valence-electron chi connectivity index (χ3n) is 1.75. The fourth-order valence-electron chi connectivity index (χ4n) is 0.983. The zero-order chi connectivity index (χ0) is 9.68. The second-order valence-electron chi connectivity index (χ2n) is 3.46. The first kappa shape index (κ1) is 10.5. The Labute approximate surface area is 83.5 Å². The summed E-state index contributed by atoms with van der Waals surface area (Å²) >= 11 is 5.55. The van der Waals surface area contributed by atoms with Crippen molar-refractivity contribution in [2.24, 2.45) is 5.92 Å². The average molecular weight is 203 g/mol. The number of hydrogen-bond donors (Lipinski definition) is 0. The molecule has 3 nitrogen and oxygen atoms in total. The molecule has 1 aromatic rings. The molecule has 0 aliphatic carbocycles. The van der Waals surface area contributed by atoms with Crippen LogP contribution >= 0.6 is 11.6 Å². The van der Waals surface area contributed by atoms with E-state index in [0.29, 0.717) is 24.1 Å². The van der Waals surface area contributed by atoms with Crippen molar-refractivity contribution in [2.75, 3.05) is 5.88 Å². The molecule has 0 aliphatic heterocycles. The van der Waals surface area contributed by atoms with E-state index in [-0.39, 0.29) is 0 Å². The van der Waals surface area contributed by atoms with Crippen molar-refractivity contribution in [1.29, 1.82) is 0 Å². The summed E-state index contributed by atoms with van der Waals surface area (Å²) in [6.45, 7) is 4.35. The van der Waals surface area contributed by atoms with Crippen LogP contribution < -0.4 is 0 Å². The predicted molar refractivity (Wildman–Crippen MR) is 51.9 cm³/mol. The van der Waals surface area contributed by atoms with E-state index in [2.05, 4.69) is 24.0 Å². The lowest BCUT2D eigenvalue weighted by atomic mass is 10.1. The van der Waals surface area contributed by atoms with Gasteiger partial charge < -0.3 is 4.42 Å². The highest BCUT2D eigenvalue weighted by Gasteiger charge is 2.05. The minimum Gasteiger partial charge on any atom is -0.425 e. The summed E-state index contributed by atoms with van der Waals surface area (Å²) in [6, 6.07) is 0. The number of alkyl halides is 1. The van der Waals surface area contributed by atoms with Gasteiger partial charge in [0, 0.05) is 18.7 Å². The van der Waals surface area contributed by atoms with Gasteiger partial charge in [-0.15, -0.1) is 21.8 Å². The Kier molecular flexibility index (Phi) is 4.22. The number of hydrogen-bond acceptors (Lipinski definition) is 3. The van der Waals surface area contributed by atoms with Crippen molar-refractivity contribution >= 4 is 11.6 Å². The van der Waals surface area contributed by atoms with Crippen LogP contribution in [0.25, 0.3) is 0 Å². The molecule has 0 atom stereocenters. The first-order valence-electron chi connectivity index (χ1n) is 4.59. The molecule has 74 valence electrons. The second-order valence-corrected chi connectivity index (χ2v) is 3.84. The van der Waals surface area contributed by atoms with E-state index in [1.54, 1.807) is 0 Å². The maximum Gasteiger partial charge on any atom is 0.217 e. The number of halogens is 1. The van der Waals surface area contributed by atoms with Crippen LogP contribution in [-0.2, 0) is 12.8 Å². The molecule has 0 fully saturated rings. The molecule has 0 saturated carbocycles. The summed E-state index contributed by atoms with van der Waals surface area (Å²) in [5.41, 5.74) is 0. The lowest BCUT2D eigenvalue weighted by Gasteiger charge is -1.98. The van der Waals surface area contributed by atoms with Crippen LogP contribution in [0.3, 0.4) is 0 Å². The van der Waals surface area contributed by atoms with Gasteiger partial charge in [0.25, 0.3) is 0 Å². The summed E-state index contributed by atoms with van der Waals surface area (Å²) in [6.07, 6.45) is 2.62.